The average molecular weight is 542 g/mol. The molecular formula is C26H39NO11. The van der Waals surface area contributed by atoms with Gasteiger partial charge in [-0.25, -0.2) is 14.4 Å². The molecule has 0 spiro atoms. The normalized spacial score (nSPS) is 12.3. The van der Waals surface area contributed by atoms with Crippen LogP contribution in [0.5, 0.6) is 11.5 Å². The molecule has 38 heavy (non-hydrogen) atoms. The van der Waals surface area contributed by atoms with Gasteiger partial charge in [-0.1, -0.05) is 33.8 Å². The van der Waals surface area contributed by atoms with E-state index in [9.17, 15) is 19.2 Å². The molecule has 0 saturated heterocycles. The number of nitrogens with two attached hydrogens (primary N) is 1. The third-order valence-electron chi connectivity index (χ3n) is 4.90. The maximum absolute atomic E-state index is 12.4. The van der Waals surface area contributed by atoms with Gasteiger partial charge in [0.1, 0.15) is 18.8 Å². The van der Waals surface area contributed by atoms with E-state index in [1.807, 2.05) is 27.7 Å². The molecule has 0 amide bonds. The Bertz CT molecular complexity index is 916. The summed E-state index contributed by atoms with van der Waals surface area (Å²) in [7, 11) is 1.16. The summed E-state index contributed by atoms with van der Waals surface area (Å²) in [4.78, 5) is 47.7. The number of rotatable bonds is 14. The first-order chi connectivity index (χ1) is 17.9. The van der Waals surface area contributed by atoms with Crippen LogP contribution in [0.4, 0.5) is 14.4 Å². The van der Waals surface area contributed by atoms with E-state index in [1.165, 1.54) is 19.1 Å². The molecule has 0 aliphatic carbocycles. The van der Waals surface area contributed by atoms with Crippen LogP contribution < -0.4 is 15.2 Å². The molecule has 2 atom stereocenters. The molecule has 0 bridgehead atoms. The molecule has 1 rings (SSSR count). The number of hydrogen-bond donors (Lipinski definition) is 1. The van der Waals surface area contributed by atoms with E-state index >= 15 is 0 Å². The van der Waals surface area contributed by atoms with Crippen LogP contribution in [0.15, 0.2) is 18.2 Å². The topological polar surface area (TPSA) is 159 Å². The highest BCUT2D eigenvalue weighted by atomic mass is 16.7. The quantitative estimate of drug-likeness (QED) is 0.201. The van der Waals surface area contributed by atoms with Crippen LogP contribution in [-0.2, 0) is 34.9 Å². The van der Waals surface area contributed by atoms with Crippen molar-refractivity contribution in [2.45, 2.75) is 66.0 Å². The Morgan fingerprint density at radius 2 is 1.34 bits per heavy atom. The average Bonchev–Trinajstić information content (AvgIpc) is 2.83. The number of hydrogen-bond acceptors (Lipinski definition) is 12. The number of benzene rings is 1. The van der Waals surface area contributed by atoms with E-state index in [2.05, 4.69) is 4.74 Å². The fraction of sp³-hybridized carbons (Fsp3) is 0.615. The maximum atomic E-state index is 12.4. The number of carbonyl (C=O) groups excluding carboxylic acids is 4. The van der Waals surface area contributed by atoms with Crippen molar-refractivity contribution in [3.8, 4) is 11.5 Å². The van der Waals surface area contributed by atoms with Gasteiger partial charge in [0.2, 0.25) is 0 Å². The number of methoxy groups -OCH3 is 1. The molecule has 214 valence electrons. The molecule has 1 aromatic carbocycles. The Hall–Kier alpha value is -3.54. The highest BCUT2D eigenvalue weighted by Gasteiger charge is 2.22. The number of carbonyl (C=O) groups is 4. The predicted octanol–water partition coefficient (Wildman–Crippen LogP) is 4.39. The van der Waals surface area contributed by atoms with Crippen LogP contribution >= 0.6 is 0 Å². The Morgan fingerprint density at radius 3 is 1.87 bits per heavy atom. The molecule has 2 N–H and O–H groups in total. The lowest BCUT2D eigenvalue weighted by Crippen LogP contribution is -2.37. The zero-order chi connectivity index (χ0) is 28.7. The predicted molar refractivity (Wildman–Crippen MR) is 135 cm³/mol. The van der Waals surface area contributed by atoms with Crippen molar-refractivity contribution in [3.63, 3.8) is 0 Å². The zero-order valence-electron chi connectivity index (χ0n) is 22.9. The molecule has 0 saturated carbocycles. The SMILES string of the molecule is COC(=O)OC[C@H](C)OC(=O)[C@@H](N)Cc1ccc(OC(=O)OCCC(C)C)c(OC(=O)OCCC(C)C)c1. The summed E-state index contributed by atoms with van der Waals surface area (Å²) < 4.78 is 34.9. The minimum atomic E-state index is -1.09. The van der Waals surface area contributed by atoms with Gasteiger partial charge in [-0.05, 0) is 55.7 Å². The molecule has 0 unspecified atom stereocenters. The Balaban J connectivity index is 2.89. The molecular weight excluding hydrogens is 502 g/mol. The van der Waals surface area contributed by atoms with Crippen LogP contribution in [0, 0.1) is 11.8 Å². The van der Waals surface area contributed by atoms with E-state index in [0.717, 1.165) is 7.11 Å². The van der Waals surface area contributed by atoms with E-state index in [0.29, 0.717) is 30.2 Å². The fourth-order valence-electron chi connectivity index (χ4n) is 2.74. The highest BCUT2D eigenvalue weighted by molar-refractivity contribution is 5.76. The van der Waals surface area contributed by atoms with Crippen LogP contribution in [0.2, 0.25) is 0 Å². The molecule has 0 fully saturated rings. The molecule has 12 heteroatoms. The monoisotopic (exact) mass is 541 g/mol. The number of ether oxygens (including phenoxy) is 7. The van der Waals surface area contributed by atoms with Gasteiger partial charge in [0.25, 0.3) is 0 Å². The van der Waals surface area contributed by atoms with Crippen molar-refractivity contribution in [2.75, 3.05) is 26.9 Å². The summed E-state index contributed by atoms with van der Waals surface area (Å²) in [5.74, 6) is -0.273. The van der Waals surface area contributed by atoms with Gasteiger partial charge in [-0.15, -0.1) is 0 Å². The van der Waals surface area contributed by atoms with Crippen molar-refractivity contribution in [2.24, 2.45) is 17.6 Å². The van der Waals surface area contributed by atoms with Gasteiger partial charge in [-0.3, -0.25) is 4.79 Å². The van der Waals surface area contributed by atoms with Crippen molar-refractivity contribution >= 4 is 24.4 Å². The smallest absolute Gasteiger partial charge is 0.458 e. The summed E-state index contributed by atoms with van der Waals surface area (Å²) in [6.45, 7) is 9.58. The van der Waals surface area contributed by atoms with Crippen molar-refractivity contribution in [3.05, 3.63) is 23.8 Å². The van der Waals surface area contributed by atoms with Gasteiger partial charge in [0.15, 0.2) is 11.5 Å². The molecule has 0 aliphatic heterocycles. The lowest BCUT2D eigenvalue weighted by atomic mass is 10.1. The zero-order valence-corrected chi connectivity index (χ0v) is 22.9. The van der Waals surface area contributed by atoms with E-state index in [4.69, 9.17) is 34.2 Å². The summed E-state index contributed by atoms with van der Waals surface area (Å²) in [6, 6.07) is 3.25. The van der Waals surface area contributed by atoms with Gasteiger partial charge in [0.05, 0.1) is 20.3 Å². The molecule has 0 radical (unpaired) electrons. The summed E-state index contributed by atoms with van der Waals surface area (Å²) in [6.07, 6.45) is -2.31. The second-order valence-electron chi connectivity index (χ2n) is 9.37. The third-order valence-corrected chi connectivity index (χ3v) is 4.90. The minimum absolute atomic E-state index is 0.00127. The van der Waals surface area contributed by atoms with Crippen LogP contribution in [0.1, 0.15) is 53.0 Å². The Morgan fingerprint density at radius 1 is 0.789 bits per heavy atom. The first-order valence-corrected chi connectivity index (χ1v) is 12.4. The van der Waals surface area contributed by atoms with Gasteiger partial charge in [-0.2, -0.15) is 0 Å². The summed E-state index contributed by atoms with van der Waals surface area (Å²) in [5, 5.41) is 0. The van der Waals surface area contributed by atoms with Crippen LogP contribution in [-0.4, -0.2) is 63.5 Å². The highest BCUT2D eigenvalue weighted by Crippen LogP contribution is 2.30. The Labute approximate surface area is 223 Å². The maximum Gasteiger partial charge on any atom is 0.513 e. The first-order valence-electron chi connectivity index (χ1n) is 12.4. The Kier molecular flexibility index (Phi) is 14.6. The first kappa shape index (κ1) is 32.5. The van der Waals surface area contributed by atoms with Crippen LogP contribution in [0.3, 0.4) is 0 Å². The second kappa shape index (κ2) is 17.1. The largest absolute Gasteiger partial charge is 0.513 e. The fourth-order valence-corrected chi connectivity index (χ4v) is 2.74. The van der Waals surface area contributed by atoms with Crippen molar-refractivity contribution in [1.82, 2.24) is 0 Å². The molecule has 0 aliphatic rings. The van der Waals surface area contributed by atoms with Gasteiger partial charge < -0.3 is 38.9 Å². The van der Waals surface area contributed by atoms with Crippen molar-refractivity contribution < 1.29 is 52.3 Å². The van der Waals surface area contributed by atoms with Gasteiger partial charge >= 0.3 is 24.4 Å². The molecule has 1 aromatic rings. The van der Waals surface area contributed by atoms with E-state index in [1.54, 1.807) is 6.07 Å². The number of esters is 1. The molecule has 12 nitrogen and oxygen atoms in total. The molecule has 0 heterocycles. The standard InChI is InChI=1S/C26H39NO11/c1-16(2)9-11-33-25(30)37-21-8-7-19(14-22(21)38-26(31)34-12-10-17(3)4)13-20(27)23(28)36-18(5)15-35-24(29)32-6/h7-8,14,16-18,20H,9-13,15,27H2,1-6H3/t18-,20-/m0/s1. The molecule has 0 aromatic heterocycles. The van der Waals surface area contributed by atoms with Crippen molar-refractivity contribution in [1.29, 1.82) is 0 Å². The summed E-state index contributed by atoms with van der Waals surface area (Å²) >= 11 is 0. The second-order valence-corrected chi connectivity index (χ2v) is 9.37. The lowest BCUT2D eigenvalue weighted by Gasteiger charge is -2.17. The third kappa shape index (κ3) is 13.7. The minimum Gasteiger partial charge on any atom is -0.458 e. The van der Waals surface area contributed by atoms with E-state index in [-0.39, 0.29) is 37.7 Å². The lowest BCUT2D eigenvalue weighted by molar-refractivity contribution is -0.152. The van der Waals surface area contributed by atoms with Gasteiger partial charge in [0, 0.05) is 0 Å². The van der Waals surface area contributed by atoms with E-state index < -0.39 is 36.6 Å². The summed E-state index contributed by atoms with van der Waals surface area (Å²) in [5.41, 5.74) is 6.46. The van der Waals surface area contributed by atoms with Crippen LogP contribution in [0.25, 0.3) is 0 Å².